The van der Waals surface area contributed by atoms with Crippen LogP contribution in [-0.2, 0) is 0 Å². The van der Waals surface area contributed by atoms with Gasteiger partial charge in [-0.15, -0.1) is 11.3 Å². The predicted molar refractivity (Wildman–Crippen MR) is 243 cm³/mol. The van der Waals surface area contributed by atoms with Gasteiger partial charge in [0.1, 0.15) is 22.3 Å². The van der Waals surface area contributed by atoms with Crippen LogP contribution in [0.4, 0.5) is 0 Å². The molecule has 0 unspecified atom stereocenters. The third-order valence-electron chi connectivity index (χ3n) is 12.1. The molecule has 0 spiro atoms. The molecule has 0 saturated carbocycles. The highest BCUT2D eigenvalue weighted by atomic mass is 32.1. The van der Waals surface area contributed by atoms with Gasteiger partial charge in [0.05, 0.1) is 0 Å². The summed E-state index contributed by atoms with van der Waals surface area (Å²) in [6.45, 7) is 0. The number of para-hydroxylation sites is 1. The molecule has 3 heterocycles. The van der Waals surface area contributed by atoms with Gasteiger partial charge < -0.3 is 8.83 Å². The first-order chi connectivity index (χ1) is 28.3. The minimum atomic E-state index is 0.862. The van der Waals surface area contributed by atoms with Gasteiger partial charge >= 0.3 is 0 Å². The van der Waals surface area contributed by atoms with Crippen molar-refractivity contribution in [2.45, 2.75) is 0 Å². The fraction of sp³-hybridized carbons (Fsp3) is 0. The number of rotatable bonds is 3. The summed E-state index contributed by atoms with van der Waals surface area (Å²) in [5.41, 5.74) is 10.8. The lowest BCUT2D eigenvalue weighted by Crippen LogP contribution is -1.92. The molecular weight excluding hydrogens is 713 g/mol. The van der Waals surface area contributed by atoms with Crippen LogP contribution in [0.5, 0.6) is 0 Å². The highest BCUT2D eigenvalue weighted by Gasteiger charge is 2.22. The maximum Gasteiger partial charge on any atom is 0.136 e. The van der Waals surface area contributed by atoms with Gasteiger partial charge in [-0.3, -0.25) is 0 Å². The predicted octanol–water partition coefficient (Wildman–Crippen LogP) is 16.3. The minimum absolute atomic E-state index is 0.862. The third kappa shape index (κ3) is 4.40. The Morgan fingerprint density at radius 3 is 1.72 bits per heavy atom. The van der Waals surface area contributed by atoms with E-state index in [9.17, 15) is 0 Å². The van der Waals surface area contributed by atoms with Crippen molar-refractivity contribution in [1.82, 2.24) is 0 Å². The van der Waals surface area contributed by atoms with E-state index in [1.807, 2.05) is 35.6 Å². The first-order valence-corrected chi connectivity index (χ1v) is 20.2. The van der Waals surface area contributed by atoms with Crippen LogP contribution in [0.25, 0.3) is 130 Å². The van der Waals surface area contributed by atoms with Crippen LogP contribution in [0.15, 0.2) is 191 Å². The summed E-state index contributed by atoms with van der Waals surface area (Å²) in [6.07, 6.45) is 0. The molecule has 10 aromatic carbocycles. The van der Waals surface area contributed by atoms with E-state index < -0.39 is 0 Å². The van der Waals surface area contributed by atoms with Crippen molar-refractivity contribution in [2.75, 3.05) is 0 Å². The van der Waals surface area contributed by atoms with Gasteiger partial charge in [0.15, 0.2) is 0 Å². The summed E-state index contributed by atoms with van der Waals surface area (Å²) in [4.78, 5) is 0. The second-order valence-corrected chi connectivity index (χ2v) is 16.2. The second-order valence-electron chi connectivity index (χ2n) is 15.1. The van der Waals surface area contributed by atoms with Crippen molar-refractivity contribution in [3.63, 3.8) is 0 Å². The average molecular weight is 743 g/mol. The van der Waals surface area contributed by atoms with Crippen molar-refractivity contribution >= 4 is 108 Å². The fourth-order valence-corrected chi connectivity index (χ4v) is 10.8. The first kappa shape index (κ1) is 31.1. The van der Waals surface area contributed by atoms with E-state index >= 15 is 0 Å². The lowest BCUT2D eigenvalue weighted by Gasteiger charge is -2.20. The quantitative estimate of drug-likeness (QED) is 0.169. The molecule has 0 aliphatic rings. The zero-order valence-electron chi connectivity index (χ0n) is 30.5. The van der Waals surface area contributed by atoms with Gasteiger partial charge in [0.25, 0.3) is 0 Å². The number of furan rings is 2. The average Bonchev–Trinajstić information content (AvgIpc) is 3.96. The van der Waals surface area contributed by atoms with E-state index in [1.165, 1.54) is 80.3 Å². The van der Waals surface area contributed by atoms with Crippen LogP contribution in [-0.4, -0.2) is 0 Å². The number of thiophene rings is 1. The topological polar surface area (TPSA) is 26.3 Å². The molecule has 0 radical (unpaired) electrons. The Bertz CT molecular complexity index is 3810. The van der Waals surface area contributed by atoms with E-state index in [0.717, 1.165) is 49.4 Å². The smallest absolute Gasteiger partial charge is 0.136 e. The van der Waals surface area contributed by atoms with Crippen molar-refractivity contribution in [3.05, 3.63) is 182 Å². The summed E-state index contributed by atoms with van der Waals surface area (Å²) in [6, 6.07) is 66.2. The van der Waals surface area contributed by atoms with Gasteiger partial charge in [0.2, 0.25) is 0 Å². The van der Waals surface area contributed by atoms with E-state index in [0.29, 0.717) is 0 Å². The Morgan fingerprint density at radius 1 is 0.298 bits per heavy atom. The Kier molecular flexibility index (Phi) is 6.35. The van der Waals surface area contributed by atoms with Crippen molar-refractivity contribution in [2.24, 2.45) is 0 Å². The highest BCUT2D eigenvalue weighted by Crippen LogP contribution is 2.50. The number of fused-ring (bicyclic) bond motifs is 13. The molecule has 57 heavy (non-hydrogen) atoms. The number of hydrogen-bond donors (Lipinski definition) is 0. The summed E-state index contributed by atoms with van der Waals surface area (Å²) in [7, 11) is 0. The summed E-state index contributed by atoms with van der Waals surface area (Å²) >= 11 is 1.87. The summed E-state index contributed by atoms with van der Waals surface area (Å²) in [5, 5.41) is 14.4. The lowest BCUT2D eigenvalue weighted by molar-refractivity contribution is 0.663. The van der Waals surface area contributed by atoms with Crippen molar-refractivity contribution in [3.8, 4) is 33.4 Å². The Balaban J connectivity index is 1.18. The molecule has 2 nitrogen and oxygen atoms in total. The molecule has 0 aliphatic carbocycles. The van der Waals surface area contributed by atoms with E-state index in [2.05, 4.69) is 158 Å². The molecule has 264 valence electrons. The minimum Gasteiger partial charge on any atom is -0.456 e. The third-order valence-corrected chi connectivity index (χ3v) is 13.2. The van der Waals surface area contributed by atoms with Crippen LogP contribution in [0, 0.1) is 0 Å². The molecule has 13 rings (SSSR count). The van der Waals surface area contributed by atoms with Gasteiger partial charge in [-0.25, -0.2) is 0 Å². The maximum atomic E-state index is 6.57. The molecule has 3 aromatic heterocycles. The van der Waals surface area contributed by atoms with E-state index in [-0.39, 0.29) is 0 Å². The first-order valence-electron chi connectivity index (χ1n) is 19.4. The number of benzene rings is 10. The Labute approximate surface area is 330 Å². The van der Waals surface area contributed by atoms with E-state index in [4.69, 9.17) is 8.83 Å². The molecule has 0 fully saturated rings. The lowest BCUT2D eigenvalue weighted by atomic mass is 9.83. The molecule has 3 heteroatoms. The molecule has 0 bridgehead atoms. The van der Waals surface area contributed by atoms with Crippen molar-refractivity contribution in [1.29, 1.82) is 0 Å². The molecule has 0 amide bonds. The monoisotopic (exact) mass is 742 g/mol. The summed E-state index contributed by atoms with van der Waals surface area (Å²) < 4.78 is 15.5. The molecule has 0 N–H and O–H groups in total. The maximum absolute atomic E-state index is 6.57. The van der Waals surface area contributed by atoms with E-state index in [1.54, 1.807) is 0 Å². The van der Waals surface area contributed by atoms with Gasteiger partial charge in [-0.1, -0.05) is 133 Å². The molecule has 0 saturated heterocycles. The van der Waals surface area contributed by atoms with Gasteiger partial charge in [-0.2, -0.15) is 0 Å². The molecule has 13 aromatic rings. The van der Waals surface area contributed by atoms with Crippen LogP contribution < -0.4 is 0 Å². The Hall–Kier alpha value is -7.20. The Morgan fingerprint density at radius 2 is 0.860 bits per heavy atom. The summed E-state index contributed by atoms with van der Waals surface area (Å²) in [5.74, 6) is 0. The second kappa shape index (κ2) is 11.7. The van der Waals surface area contributed by atoms with Crippen molar-refractivity contribution < 1.29 is 8.83 Å². The van der Waals surface area contributed by atoms with Crippen LogP contribution in [0.1, 0.15) is 0 Å². The largest absolute Gasteiger partial charge is 0.456 e. The fourth-order valence-electron chi connectivity index (χ4n) is 9.65. The highest BCUT2D eigenvalue weighted by molar-refractivity contribution is 7.26. The van der Waals surface area contributed by atoms with Crippen LogP contribution in [0.2, 0.25) is 0 Å². The number of hydrogen-bond acceptors (Lipinski definition) is 3. The molecular formula is C54H30O2S. The molecule has 0 atom stereocenters. The molecule has 0 aliphatic heterocycles. The van der Waals surface area contributed by atoms with Crippen LogP contribution in [0.3, 0.4) is 0 Å². The zero-order chi connectivity index (χ0) is 37.2. The SMILES string of the molecule is c1ccc2c(-c3ccc4c(-c5cccc6sc7ccccc7c56)c5ccccc5c(-c5ccc6oc7ccc8oc9ccccc9c8c7c6c5)c4c3)cccc2c1. The van der Waals surface area contributed by atoms with Gasteiger partial charge in [-0.05, 0) is 114 Å². The standard InChI is InChI=1S/C54H30O2S/c1-2-13-34-31(11-1)12-9-18-35(34)32-23-25-38-42(29-32)50(33-24-26-45-43(30-33)54-47(56-45)28-27-46-53(54)39-16-5-7-20-44(39)55-46)36-14-3-4-15-37(36)51(38)41-19-10-22-49-52(41)40-17-6-8-21-48(40)57-49/h1-30H. The zero-order valence-corrected chi connectivity index (χ0v) is 31.4. The van der Waals surface area contributed by atoms with Gasteiger partial charge in [0, 0.05) is 41.7 Å². The normalized spacial score (nSPS) is 12.2. The van der Waals surface area contributed by atoms with Crippen LogP contribution >= 0.6 is 11.3 Å².